The average molecular weight is 282 g/mol. The summed E-state index contributed by atoms with van der Waals surface area (Å²) in [5.74, 6) is 1.97. The summed E-state index contributed by atoms with van der Waals surface area (Å²) in [6.07, 6.45) is 1.54. The van der Waals surface area contributed by atoms with Crippen molar-refractivity contribution < 1.29 is 0 Å². The van der Waals surface area contributed by atoms with Crippen LogP contribution in [0.5, 0.6) is 0 Å². The Bertz CT molecular complexity index is 818. The van der Waals surface area contributed by atoms with Crippen LogP contribution in [0.4, 0.5) is 11.8 Å². The van der Waals surface area contributed by atoms with Crippen LogP contribution in [0.1, 0.15) is 11.1 Å². The van der Waals surface area contributed by atoms with Crippen molar-refractivity contribution in [2.75, 3.05) is 24.7 Å². The van der Waals surface area contributed by atoms with E-state index in [1.54, 1.807) is 0 Å². The summed E-state index contributed by atoms with van der Waals surface area (Å²) in [6.45, 7) is 4.15. The molecule has 0 spiro atoms. The summed E-state index contributed by atoms with van der Waals surface area (Å²) in [5, 5.41) is 0. The molecule has 0 amide bonds. The van der Waals surface area contributed by atoms with Gasteiger partial charge < -0.3 is 10.6 Å². The first kappa shape index (κ1) is 13.4. The van der Waals surface area contributed by atoms with Crippen LogP contribution in [0, 0.1) is 13.8 Å². The van der Waals surface area contributed by atoms with Gasteiger partial charge in [-0.2, -0.15) is 0 Å². The topological polar surface area (TPSA) is 72.9 Å². The maximum atomic E-state index is 6.09. The number of hydrogen-bond acceptors (Lipinski definition) is 5. The van der Waals surface area contributed by atoms with Crippen LogP contribution in [0.15, 0.2) is 24.5 Å². The molecule has 21 heavy (non-hydrogen) atoms. The van der Waals surface area contributed by atoms with E-state index in [1.807, 2.05) is 35.7 Å². The summed E-state index contributed by atoms with van der Waals surface area (Å²) in [5.41, 5.74) is 10.3. The maximum absolute atomic E-state index is 6.09. The Morgan fingerprint density at radius 1 is 1.05 bits per heavy atom. The largest absolute Gasteiger partial charge is 0.369 e. The van der Waals surface area contributed by atoms with Gasteiger partial charge in [-0.3, -0.25) is 4.57 Å². The van der Waals surface area contributed by atoms with Crippen LogP contribution in [0.2, 0.25) is 0 Å². The lowest BCUT2D eigenvalue weighted by Gasteiger charge is -2.12. The second kappa shape index (κ2) is 4.73. The molecular formula is C15H18N6. The monoisotopic (exact) mass is 282 g/mol. The number of imidazole rings is 1. The van der Waals surface area contributed by atoms with Crippen LogP contribution in [0.3, 0.4) is 0 Å². The van der Waals surface area contributed by atoms with Crippen molar-refractivity contribution in [1.29, 1.82) is 0 Å². The Morgan fingerprint density at radius 2 is 1.76 bits per heavy atom. The van der Waals surface area contributed by atoms with E-state index < -0.39 is 0 Å². The Hall–Kier alpha value is -2.63. The van der Waals surface area contributed by atoms with Gasteiger partial charge in [0.1, 0.15) is 18.0 Å². The zero-order valence-electron chi connectivity index (χ0n) is 12.6. The molecular weight excluding hydrogens is 264 g/mol. The van der Waals surface area contributed by atoms with E-state index in [9.17, 15) is 0 Å². The number of nitrogen functional groups attached to an aromatic ring is 1. The lowest BCUT2D eigenvalue weighted by atomic mass is 10.1. The van der Waals surface area contributed by atoms with E-state index in [4.69, 9.17) is 5.73 Å². The molecule has 3 aromatic rings. The molecule has 0 fully saturated rings. The molecule has 0 aliphatic carbocycles. The van der Waals surface area contributed by atoms with Crippen LogP contribution < -0.4 is 10.6 Å². The lowest BCUT2D eigenvalue weighted by molar-refractivity contribution is 0.976. The highest BCUT2D eigenvalue weighted by Gasteiger charge is 2.13. The third kappa shape index (κ3) is 2.18. The molecule has 108 valence electrons. The van der Waals surface area contributed by atoms with E-state index in [2.05, 4.69) is 34.9 Å². The van der Waals surface area contributed by atoms with E-state index in [1.165, 1.54) is 17.5 Å². The first-order valence-electron chi connectivity index (χ1n) is 6.72. The Kier molecular flexibility index (Phi) is 3.01. The molecule has 0 aliphatic heterocycles. The van der Waals surface area contributed by atoms with Crippen LogP contribution in [0.25, 0.3) is 16.9 Å². The molecule has 0 unspecified atom stereocenters. The summed E-state index contributed by atoms with van der Waals surface area (Å²) in [7, 11) is 3.88. The number of benzene rings is 1. The third-order valence-electron chi connectivity index (χ3n) is 3.62. The Labute approximate surface area is 123 Å². The number of nitrogens with two attached hydrogens (primary N) is 1. The zero-order chi connectivity index (χ0) is 15.1. The zero-order valence-corrected chi connectivity index (χ0v) is 12.6. The number of aromatic nitrogens is 4. The standard InChI is InChI=1S/C15H18N6/c1-9-5-11-12(6-10(9)2)21(15(16)19-11)14-7-13(20(3)4)17-8-18-14/h5-8H,1-4H3,(H2,16,19). The molecule has 6 nitrogen and oxygen atoms in total. The highest BCUT2D eigenvalue weighted by molar-refractivity contribution is 5.82. The molecule has 2 heterocycles. The molecule has 0 aliphatic rings. The normalized spacial score (nSPS) is 11.0. The molecule has 1 aromatic carbocycles. The highest BCUT2D eigenvalue weighted by Crippen LogP contribution is 2.25. The molecule has 0 saturated heterocycles. The van der Waals surface area contributed by atoms with Crippen LogP contribution >= 0.6 is 0 Å². The first-order chi connectivity index (χ1) is 9.97. The van der Waals surface area contributed by atoms with E-state index in [-0.39, 0.29) is 0 Å². The van der Waals surface area contributed by atoms with E-state index in [0.29, 0.717) is 5.95 Å². The molecule has 0 saturated carbocycles. The third-order valence-corrected chi connectivity index (χ3v) is 3.62. The van der Waals surface area contributed by atoms with Crippen molar-refractivity contribution in [2.45, 2.75) is 13.8 Å². The van der Waals surface area contributed by atoms with Gasteiger partial charge in [-0.15, -0.1) is 0 Å². The number of anilines is 2. The summed E-state index contributed by atoms with van der Waals surface area (Å²) in [4.78, 5) is 14.9. The van der Waals surface area contributed by atoms with Gasteiger partial charge in [-0.1, -0.05) is 0 Å². The molecule has 0 bridgehead atoms. The average Bonchev–Trinajstić information content (AvgIpc) is 2.74. The second-order valence-electron chi connectivity index (χ2n) is 5.36. The van der Waals surface area contributed by atoms with E-state index >= 15 is 0 Å². The fourth-order valence-corrected chi connectivity index (χ4v) is 2.30. The fourth-order valence-electron chi connectivity index (χ4n) is 2.30. The van der Waals surface area contributed by atoms with Gasteiger partial charge in [-0.05, 0) is 37.1 Å². The number of fused-ring (bicyclic) bond motifs is 1. The minimum absolute atomic E-state index is 0.429. The van der Waals surface area contributed by atoms with Gasteiger partial charge in [-0.25, -0.2) is 15.0 Å². The number of nitrogens with zero attached hydrogens (tertiary/aromatic N) is 5. The van der Waals surface area contributed by atoms with Gasteiger partial charge in [0, 0.05) is 20.2 Å². The number of hydrogen-bond donors (Lipinski definition) is 1. The molecule has 3 rings (SSSR count). The predicted molar refractivity (Wildman–Crippen MR) is 84.9 cm³/mol. The quantitative estimate of drug-likeness (QED) is 0.779. The first-order valence-corrected chi connectivity index (χ1v) is 6.72. The second-order valence-corrected chi connectivity index (χ2v) is 5.36. The van der Waals surface area contributed by atoms with Crippen molar-refractivity contribution in [3.05, 3.63) is 35.7 Å². The van der Waals surface area contributed by atoms with Crippen molar-refractivity contribution in [3.8, 4) is 5.82 Å². The Balaban J connectivity index is 2.27. The summed E-state index contributed by atoms with van der Waals surface area (Å²) in [6, 6.07) is 6.03. The number of aryl methyl sites for hydroxylation is 2. The van der Waals surface area contributed by atoms with Crippen LogP contribution in [-0.4, -0.2) is 33.6 Å². The van der Waals surface area contributed by atoms with Crippen molar-refractivity contribution in [1.82, 2.24) is 19.5 Å². The maximum Gasteiger partial charge on any atom is 0.207 e. The molecule has 2 N–H and O–H groups in total. The van der Waals surface area contributed by atoms with Gasteiger partial charge in [0.15, 0.2) is 0 Å². The smallest absolute Gasteiger partial charge is 0.207 e. The molecule has 6 heteroatoms. The minimum Gasteiger partial charge on any atom is -0.369 e. The van der Waals surface area contributed by atoms with Gasteiger partial charge in [0.2, 0.25) is 5.95 Å². The predicted octanol–water partition coefficient (Wildman–Crippen LogP) is 2.08. The SMILES string of the molecule is Cc1cc2nc(N)n(-c3cc(N(C)C)ncn3)c2cc1C. The minimum atomic E-state index is 0.429. The van der Waals surface area contributed by atoms with Gasteiger partial charge in [0.25, 0.3) is 0 Å². The fraction of sp³-hybridized carbons (Fsp3) is 0.267. The summed E-state index contributed by atoms with van der Waals surface area (Å²) >= 11 is 0. The molecule has 0 atom stereocenters. The van der Waals surface area contributed by atoms with Gasteiger partial charge in [0.05, 0.1) is 11.0 Å². The van der Waals surface area contributed by atoms with Crippen molar-refractivity contribution >= 4 is 22.8 Å². The number of rotatable bonds is 2. The van der Waals surface area contributed by atoms with E-state index in [0.717, 1.165) is 22.7 Å². The Morgan fingerprint density at radius 3 is 2.48 bits per heavy atom. The lowest BCUT2D eigenvalue weighted by Crippen LogP contribution is -2.12. The van der Waals surface area contributed by atoms with Gasteiger partial charge >= 0.3 is 0 Å². The molecule has 0 radical (unpaired) electrons. The highest BCUT2D eigenvalue weighted by atomic mass is 15.2. The molecule has 2 aromatic heterocycles. The van der Waals surface area contributed by atoms with Crippen LogP contribution in [-0.2, 0) is 0 Å². The summed E-state index contributed by atoms with van der Waals surface area (Å²) < 4.78 is 1.86. The van der Waals surface area contributed by atoms with Crippen molar-refractivity contribution in [3.63, 3.8) is 0 Å². The van der Waals surface area contributed by atoms with Crippen molar-refractivity contribution in [2.24, 2.45) is 0 Å².